The highest BCUT2D eigenvalue weighted by atomic mass is 16.7. The summed E-state index contributed by atoms with van der Waals surface area (Å²) in [6.45, 7) is 3.64. The molecule has 1 rings (SSSR count). The van der Waals surface area contributed by atoms with Crippen LogP contribution >= 0.6 is 0 Å². The molecule has 0 unspecified atom stereocenters. The van der Waals surface area contributed by atoms with Crippen molar-refractivity contribution in [2.75, 3.05) is 41.7 Å². The van der Waals surface area contributed by atoms with Crippen LogP contribution in [0.15, 0.2) is 0 Å². The highest BCUT2D eigenvalue weighted by Crippen LogP contribution is 2.33. The van der Waals surface area contributed by atoms with E-state index in [1.807, 2.05) is 6.92 Å². The third kappa shape index (κ3) is 6.33. The molecule has 1 aliphatic carbocycles. The molecule has 0 aromatic carbocycles. The fraction of sp³-hybridized carbons (Fsp3) is 0.933. The van der Waals surface area contributed by atoms with E-state index < -0.39 is 18.3 Å². The summed E-state index contributed by atoms with van der Waals surface area (Å²) in [6, 6.07) is 0. The summed E-state index contributed by atoms with van der Waals surface area (Å²) in [5.74, 6) is -0.284. The van der Waals surface area contributed by atoms with Crippen molar-refractivity contribution in [3.63, 3.8) is 0 Å². The molecule has 8 heteroatoms. The zero-order valence-corrected chi connectivity index (χ0v) is 14.5. The van der Waals surface area contributed by atoms with Crippen molar-refractivity contribution in [1.29, 1.82) is 0 Å². The summed E-state index contributed by atoms with van der Waals surface area (Å²) in [5, 5.41) is 0. The molecule has 0 aromatic rings. The van der Waals surface area contributed by atoms with Crippen LogP contribution in [0.1, 0.15) is 20.3 Å². The van der Waals surface area contributed by atoms with Gasteiger partial charge < -0.3 is 33.2 Å². The molecule has 5 atom stereocenters. The van der Waals surface area contributed by atoms with E-state index in [-0.39, 0.29) is 38.4 Å². The molecule has 136 valence electrons. The van der Waals surface area contributed by atoms with Gasteiger partial charge in [-0.2, -0.15) is 0 Å². The molecular weight excluding hydrogens is 308 g/mol. The Balaban J connectivity index is 2.93. The zero-order chi connectivity index (χ0) is 17.2. The lowest BCUT2D eigenvalue weighted by molar-refractivity contribution is -0.257. The quantitative estimate of drug-likeness (QED) is 0.430. The number of ether oxygens (including phenoxy) is 7. The SMILES string of the molecule is COCO[C@@H]1[C@H](OCOC)[C@H](C)C[C@@H](OC(C)=O)[C@H]1OCOC. The highest BCUT2D eigenvalue weighted by molar-refractivity contribution is 5.66. The summed E-state index contributed by atoms with van der Waals surface area (Å²) in [4.78, 5) is 11.4. The van der Waals surface area contributed by atoms with Crippen LogP contribution in [0.5, 0.6) is 0 Å². The van der Waals surface area contributed by atoms with Crippen molar-refractivity contribution in [3.8, 4) is 0 Å². The van der Waals surface area contributed by atoms with Crippen LogP contribution in [0.4, 0.5) is 0 Å². The minimum Gasteiger partial charge on any atom is -0.460 e. The minimum absolute atomic E-state index is 0.0562. The molecule has 0 saturated heterocycles. The number of carbonyl (C=O) groups excluding carboxylic acids is 1. The standard InChI is InChI=1S/C15H28O8/c1-10-6-12(23-11(2)16)14(21-8-18-4)15(22-9-19-5)13(10)20-7-17-3/h10,12-15H,6-9H2,1-5H3/t10-,12-,13-,14-,15-/m1/s1. The van der Waals surface area contributed by atoms with Crippen LogP contribution in [0, 0.1) is 5.92 Å². The first-order valence-electron chi connectivity index (χ1n) is 7.54. The fourth-order valence-corrected chi connectivity index (χ4v) is 2.78. The summed E-state index contributed by atoms with van der Waals surface area (Å²) >= 11 is 0. The maximum atomic E-state index is 11.4. The van der Waals surface area contributed by atoms with Crippen LogP contribution in [0.2, 0.25) is 0 Å². The van der Waals surface area contributed by atoms with Crippen molar-refractivity contribution in [1.82, 2.24) is 0 Å². The predicted molar refractivity (Wildman–Crippen MR) is 79.6 cm³/mol. The number of methoxy groups -OCH3 is 3. The van der Waals surface area contributed by atoms with Gasteiger partial charge in [0, 0.05) is 28.3 Å². The Labute approximate surface area is 137 Å². The van der Waals surface area contributed by atoms with Crippen molar-refractivity contribution in [3.05, 3.63) is 0 Å². The largest absolute Gasteiger partial charge is 0.460 e. The average molecular weight is 336 g/mol. The van der Waals surface area contributed by atoms with Crippen molar-refractivity contribution in [2.24, 2.45) is 5.92 Å². The van der Waals surface area contributed by atoms with Crippen LogP contribution in [-0.2, 0) is 38.0 Å². The van der Waals surface area contributed by atoms with E-state index in [1.54, 1.807) is 7.11 Å². The Hall–Kier alpha value is -0.770. The van der Waals surface area contributed by atoms with Crippen molar-refractivity contribution < 1.29 is 38.0 Å². The van der Waals surface area contributed by atoms with E-state index in [0.717, 1.165) is 0 Å². The third-order valence-corrected chi connectivity index (χ3v) is 3.63. The second kappa shape index (κ2) is 10.9. The van der Waals surface area contributed by atoms with Gasteiger partial charge in [-0.05, 0) is 12.3 Å². The molecule has 1 saturated carbocycles. The van der Waals surface area contributed by atoms with E-state index >= 15 is 0 Å². The van der Waals surface area contributed by atoms with E-state index in [4.69, 9.17) is 33.2 Å². The van der Waals surface area contributed by atoms with E-state index in [1.165, 1.54) is 21.1 Å². The molecule has 8 nitrogen and oxygen atoms in total. The van der Waals surface area contributed by atoms with Gasteiger partial charge in [-0.1, -0.05) is 6.92 Å². The third-order valence-electron chi connectivity index (χ3n) is 3.63. The second-order valence-corrected chi connectivity index (χ2v) is 5.47. The van der Waals surface area contributed by atoms with Crippen LogP contribution in [0.25, 0.3) is 0 Å². The molecule has 0 aliphatic heterocycles. The lowest BCUT2D eigenvalue weighted by Gasteiger charge is -2.44. The average Bonchev–Trinajstić information content (AvgIpc) is 2.50. The van der Waals surface area contributed by atoms with Gasteiger partial charge in [0.15, 0.2) is 0 Å². The zero-order valence-electron chi connectivity index (χ0n) is 14.5. The lowest BCUT2D eigenvalue weighted by Crippen LogP contribution is -2.57. The molecule has 0 bridgehead atoms. The molecular formula is C15H28O8. The summed E-state index contributed by atoms with van der Waals surface area (Å²) in [7, 11) is 4.61. The first kappa shape index (κ1) is 20.3. The fourth-order valence-electron chi connectivity index (χ4n) is 2.78. The van der Waals surface area contributed by atoms with Crippen molar-refractivity contribution >= 4 is 5.97 Å². The molecule has 0 amide bonds. The smallest absolute Gasteiger partial charge is 0.302 e. The Kier molecular flexibility index (Phi) is 9.61. The van der Waals surface area contributed by atoms with Gasteiger partial charge in [-0.25, -0.2) is 0 Å². The molecule has 23 heavy (non-hydrogen) atoms. The Morgan fingerprint density at radius 2 is 1.35 bits per heavy atom. The van der Waals surface area contributed by atoms with Gasteiger partial charge in [-0.15, -0.1) is 0 Å². The van der Waals surface area contributed by atoms with Gasteiger partial charge >= 0.3 is 5.97 Å². The first-order valence-corrected chi connectivity index (χ1v) is 7.54. The second-order valence-electron chi connectivity index (χ2n) is 5.47. The molecule has 0 heterocycles. The predicted octanol–water partition coefficient (Wildman–Crippen LogP) is 0.925. The number of esters is 1. The molecule has 1 fully saturated rings. The maximum absolute atomic E-state index is 11.4. The maximum Gasteiger partial charge on any atom is 0.302 e. The van der Waals surface area contributed by atoms with Crippen LogP contribution in [0.3, 0.4) is 0 Å². The molecule has 0 aromatic heterocycles. The summed E-state index contributed by atoms with van der Waals surface area (Å²) in [6.07, 6.45) is -1.13. The van der Waals surface area contributed by atoms with Crippen LogP contribution in [-0.4, -0.2) is 72.1 Å². The molecule has 0 N–H and O–H groups in total. The number of hydrogen-bond donors (Lipinski definition) is 0. The van der Waals surface area contributed by atoms with E-state index in [0.29, 0.717) is 6.42 Å². The lowest BCUT2D eigenvalue weighted by atomic mass is 9.81. The summed E-state index contributed by atoms with van der Waals surface area (Å²) < 4.78 is 37.6. The molecule has 0 radical (unpaired) electrons. The van der Waals surface area contributed by atoms with Crippen molar-refractivity contribution in [2.45, 2.75) is 44.7 Å². The first-order chi connectivity index (χ1) is 11.0. The highest BCUT2D eigenvalue weighted by Gasteiger charge is 2.47. The van der Waals surface area contributed by atoms with Gasteiger partial charge in [-0.3, -0.25) is 4.79 Å². The monoisotopic (exact) mass is 336 g/mol. The number of rotatable bonds is 10. The van der Waals surface area contributed by atoms with Crippen LogP contribution < -0.4 is 0 Å². The summed E-state index contributed by atoms with van der Waals surface area (Å²) in [5.41, 5.74) is 0. The molecule has 1 aliphatic rings. The van der Waals surface area contributed by atoms with Gasteiger partial charge in [0.1, 0.15) is 38.7 Å². The number of hydrogen-bond acceptors (Lipinski definition) is 8. The van der Waals surface area contributed by atoms with E-state index in [9.17, 15) is 4.79 Å². The normalized spacial score (nSPS) is 31.1. The Bertz CT molecular complexity index is 337. The van der Waals surface area contributed by atoms with E-state index in [2.05, 4.69) is 0 Å². The minimum atomic E-state index is -0.521. The van der Waals surface area contributed by atoms with Gasteiger partial charge in [0.05, 0.1) is 6.10 Å². The van der Waals surface area contributed by atoms with Gasteiger partial charge in [0.2, 0.25) is 0 Å². The Morgan fingerprint density at radius 1 is 0.870 bits per heavy atom. The molecule has 0 spiro atoms. The number of carbonyl (C=O) groups is 1. The van der Waals surface area contributed by atoms with Gasteiger partial charge in [0.25, 0.3) is 0 Å². The topological polar surface area (TPSA) is 81.7 Å². The Morgan fingerprint density at radius 3 is 1.83 bits per heavy atom.